The minimum absolute atomic E-state index is 0.308. The minimum Gasteiger partial charge on any atom is -0.480 e. The molecule has 1 heterocycles. The lowest BCUT2D eigenvalue weighted by Gasteiger charge is -2.19. The summed E-state index contributed by atoms with van der Waals surface area (Å²) in [5, 5.41) is 9.00. The predicted octanol–water partition coefficient (Wildman–Crippen LogP) is 3.55. The lowest BCUT2D eigenvalue weighted by molar-refractivity contribution is -0.135. The van der Waals surface area contributed by atoms with Gasteiger partial charge in [0, 0.05) is 5.69 Å². The van der Waals surface area contributed by atoms with Crippen molar-refractivity contribution in [2.24, 2.45) is 0 Å². The number of carbonyl (C=O) groups is 2. The number of halogens is 1. The SMILES string of the molecule is Cc1cc(C(=O)N(CC(=O)O)c2ccccc2)sc1Br. The molecule has 20 heavy (non-hydrogen) atoms. The summed E-state index contributed by atoms with van der Waals surface area (Å²) >= 11 is 4.68. The molecule has 0 unspecified atom stereocenters. The highest BCUT2D eigenvalue weighted by Crippen LogP contribution is 2.29. The molecule has 0 bridgehead atoms. The summed E-state index contributed by atoms with van der Waals surface area (Å²) in [6.07, 6.45) is 0. The number of hydrogen-bond donors (Lipinski definition) is 1. The summed E-state index contributed by atoms with van der Waals surface area (Å²) in [5.41, 5.74) is 1.53. The fourth-order valence-corrected chi connectivity index (χ4v) is 3.21. The smallest absolute Gasteiger partial charge is 0.323 e. The van der Waals surface area contributed by atoms with Gasteiger partial charge in [0.25, 0.3) is 5.91 Å². The molecule has 4 nitrogen and oxygen atoms in total. The number of thiophene rings is 1. The van der Waals surface area contributed by atoms with E-state index >= 15 is 0 Å². The van der Waals surface area contributed by atoms with Crippen LogP contribution in [0, 0.1) is 6.92 Å². The Kier molecular flexibility index (Phi) is 4.57. The van der Waals surface area contributed by atoms with Gasteiger partial charge in [0.15, 0.2) is 0 Å². The fraction of sp³-hybridized carbons (Fsp3) is 0.143. The van der Waals surface area contributed by atoms with Crippen LogP contribution in [0.4, 0.5) is 5.69 Å². The molecule has 1 aromatic heterocycles. The van der Waals surface area contributed by atoms with E-state index in [1.165, 1.54) is 16.2 Å². The minimum atomic E-state index is -1.05. The van der Waals surface area contributed by atoms with E-state index in [1.807, 2.05) is 13.0 Å². The molecule has 104 valence electrons. The Morgan fingerprint density at radius 3 is 2.45 bits per heavy atom. The van der Waals surface area contributed by atoms with Crippen molar-refractivity contribution in [3.8, 4) is 0 Å². The molecule has 0 radical (unpaired) electrons. The topological polar surface area (TPSA) is 57.6 Å². The van der Waals surface area contributed by atoms with E-state index in [9.17, 15) is 9.59 Å². The van der Waals surface area contributed by atoms with Gasteiger partial charge in [-0.3, -0.25) is 14.5 Å². The standard InChI is InChI=1S/C14H12BrNO3S/c1-9-7-11(20-13(9)15)14(19)16(8-12(17)18)10-5-3-2-4-6-10/h2-7H,8H2,1H3,(H,17,18). The van der Waals surface area contributed by atoms with E-state index < -0.39 is 5.97 Å². The predicted molar refractivity (Wildman–Crippen MR) is 82.5 cm³/mol. The number of carbonyl (C=O) groups excluding carboxylic acids is 1. The molecule has 2 aromatic rings. The maximum Gasteiger partial charge on any atom is 0.323 e. The normalized spacial score (nSPS) is 10.3. The Morgan fingerprint density at radius 1 is 1.30 bits per heavy atom. The lowest BCUT2D eigenvalue weighted by Crippen LogP contribution is -2.35. The Bertz CT molecular complexity index is 620. The molecule has 0 atom stereocenters. The molecule has 1 aromatic carbocycles. The van der Waals surface area contributed by atoms with Gasteiger partial charge in [-0.15, -0.1) is 11.3 Å². The summed E-state index contributed by atoms with van der Waals surface area (Å²) in [4.78, 5) is 25.3. The molecule has 0 aliphatic rings. The number of aliphatic carboxylic acids is 1. The van der Waals surface area contributed by atoms with Crippen LogP contribution in [0.5, 0.6) is 0 Å². The van der Waals surface area contributed by atoms with Crippen LogP contribution in [0.3, 0.4) is 0 Å². The van der Waals surface area contributed by atoms with Crippen LogP contribution in [0.2, 0.25) is 0 Å². The van der Waals surface area contributed by atoms with E-state index in [-0.39, 0.29) is 12.5 Å². The van der Waals surface area contributed by atoms with Gasteiger partial charge < -0.3 is 5.11 Å². The number of carboxylic acid groups (broad SMARTS) is 1. The number of hydrogen-bond acceptors (Lipinski definition) is 3. The van der Waals surface area contributed by atoms with Crippen molar-refractivity contribution in [3.63, 3.8) is 0 Å². The molecule has 0 saturated carbocycles. The van der Waals surface area contributed by atoms with Crippen molar-refractivity contribution < 1.29 is 14.7 Å². The molecule has 0 aliphatic heterocycles. The van der Waals surface area contributed by atoms with Crippen LogP contribution in [-0.2, 0) is 4.79 Å². The van der Waals surface area contributed by atoms with Crippen molar-refractivity contribution >= 4 is 44.8 Å². The number of nitrogens with zero attached hydrogens (tertiary/aromatic N) is 1. The van der Waals surface area contributed by atoms with Gasteiger partial charge in [0.2, 0.25) is 0 Å². The third-order valence-electron chi connectivity index (χ3n) is 2.67. The Morgan fingerprint density at radius 2 is 1.95 bits per heavy atom. The van der Waals surface area contributed by atoms with Gasteiger partial charge in [0.1, 0.15) is 6.54 Å². The Labute approximate surface area is 128 Å². The number of carboxylic acids is 1. The first-order valence-corrected chi connectivity index (χ1v) is 7.44. The molecule has 2 rings (SSSR count). The molecule has 0 aliphatic carbocycles. The highest BCUT2D eigenvalue weighted by atomic mass is 79.9. The van der Waals surface area contributed by atoms with Crippen molar-refractivity contribution in [2.45, 2.75) is 6.92 Å². The number of amides is 1. The van der Waals surface area contributed by atoms with Crippen molar-refractivity contribution in [1.29, 1.82) is 0 Å². The lowest BCUT2D eigenvalue weighted by atomic mass is 10.2. The molecule has 0 fully saturated rings. The van der Waals surface area contributed by atoms with Crippen molar-refractivity contribution in [3.05, 3.63) is 50.6 Å². The molecule has 0 spiro atoms. The zero-order valence-electron chi connectivity index (χ0n) is 10.7. The number of rotatable bonds is 4. The van der Waals surface area contributed by atoms with Gasteiger partial charge in [-0.25, -0.2) is 0 Å². The quantitative estimate of drug-likeness (QED) is 0.914. The zero-order valence-corrected chi connectivity index (χ0v) is 13.1. The molecule has 6 heteroatoms. The van der Waals surface area contributed by atoms with Gasteiger partial charge in [-0.05, 0) is 46.6 Å². The molecular formula is C14H12BrNO3S. The zero-order chi connectivity index (χ0) is 14.7. The largest absolute Gasteiger partial charge is 0.480 e. The molecule has 1 N–H and O–H groups in total. The van der Waals surface area contributed by atoms with Gasteiger partial charge in [-0.2, -0.15) is 0 Å². The molecule has 1 amide bonds. The van der Waals surface area contributed by atoms with Gasteiger partial charge in [0.05, 0.1) is 8.66 Å². The average Bonchev–Trinajstić information content (AvgIpc) is 2.76. The number of anilines is 1. The van der Waals surface area contributed by atoms with Crippen LogP contribution in [0.1, 0.15) is 15.2 Å². The highest BCUT2D eigenvalue weighted by molar-refractivity contribution is 9.11. The summed E-state index contributed by atoms with van der Waals surface area (Å²) in [6, 6.07) is 10.6. The van der Waals surface area contributed by atoms with Crippen LogP contribution in [0.25, 0.3) is 0 Å². The van der Waals surface area contributed by atoms with Crippen LogP contribution < -0.4 is 4.90 Å². The van der Waals surface area contributed by atoms with Gasteiger partial charge >= 0.3 is 5.97 Å². The van der Waals surface area contributed by atoms with E-state index in [0.717, 1.165) is 9.35 Å². The summed E-state index contributed by atoms with van der Waals surface area (Å²) in [7, 11) is 0. The van der Waals surface area contributed by atoms with E-state index in [4.69, 9.17) is 5.11 Å². The maximum absolute atomic E-state index is 12.5. The van der Waals surface area contributed by atoms with Gasteiger partial charge in [-0.1, -0.05) is 18.2 Å². The number of benzene rings is 1. The summed E-state index contributed by atoms with van der Waals surface area (Å²) in [6.45, 7) is 1.53. The first kappa shape index (κ1) is 14.7. The number of aryl methyl sites for hydroxylation is 1. The first-order valence-electron chi connectivity index (χ1n) is 5.83. The highest BCUT2D eigenvalue weighted by Gasteiger charge is 2.22. The van der Waals surface area contributed by atoms with Crippen LogP contribution in [0.15, 0.2) is 40.2 Å². The second-order valence-electron chi connectivity index (χ2n) is 4.19. The van der Waals surface area contributed by atoms with E-state index in [1.54, 1.807) is 30.3 Å². The molecular weight excluding hydrogens is 342 g/mol. The third kappa shape index (κ3) is 3.26. The Hall–Kier alpha value is -1.66. The van der Waals surface area contributed by atoms with E-state index in [2.05, 4.69) is 15.9 Å². The monoisotopic (exact) mass is 353 g/mol. The maximum atomic E-state index is 12.5. The third-order valence-corrected chi connectivity index (χ3v) is 4.80. The summed E-state index contributed by atoms with van der Waals surface area (Å²) < 4.78 is 0.879. The first-order chi connectivity index (χ1) is 9.49. The summed E-state index contributed by atoms with van der Waals surface area (Å²) in [5.74, 6) is -1.35. The number of para-hydroxylation sites is 1. The van der Waals surface area contributed by atoms with E-state index in [0.29, 0.717) is 10.6 Å². The Balaban J connectivity index is 2.36. The van der Waals surface area contributed by atoms with Crippen molar-refractivity contribution in [2.75, 3.05) is 11.4 Å². The molecule has 0 saturated heterocycles. The fourth-order valence-electron chi connectivity index (χ4n) is 1.72. The van der Waals surface area contributed by atoms with Crippen LogP contribution >= 0.6 is 27.3 Å². The second-order valence-corrected chi connectivity index (χ2v) is 6.56. The van der Waals surface area contributed by atoms with Crippen molar-refractivity contribution in [1.82, 2.24) is 0 Å². The average molecular weight is 354 g/mol. The van der Waals surface area contributed by atoms with Crippen LogP contribution in [-0.4, -0.2) is 23.5 Å². The second kappa shape index (κ2) is 6.19.